The average Bonchev–Trinajstić information content (AvgIpc) is 3.01. The molecule has 16 nitrogen and oxygen atoms in total. The van der Waals surface area contributed by atoms with E-state index in [1.165, 1.54) is 36.4 Å². The van der Waals surface area contributed by atoms with Crippen LogP contribution in [-0.2, 0) is 18.9 Å². The molecule has 17 heteroatoms. The van der Waals surface area contributed by atoms with Crippen molar-refractivity contribution in [3.8, 4) is 0 Å². The molecular weight excluding hydrogens is 654 g/mol. The number of benzene rings is 3. The fraction of sp³-hybridized carbons (Fsp3) is 0.222. The summed E-state index contributed by atoms with van der Waals surface area (Å²) in [7, 11) is 0. The van der Waals surface area contributed by atoms with Crippen molar-refractivity contribution in [3.05, 3.63) is 120 Å². The third-order valence-electron chi connectivity index (χ3n) is 6.29. The summed E-state index contributed by atoms with van der Waals surface area (Å²) in [5.74, 6) is -2.73. The molecule has 0 saturated carbocycles. The van der Waals surface area contributed by atoms with Gasteiger partial charge in [0.05, 0.1) is 31.5 Å². The second-order valence-electron chi connectivity index (χ2n) is 9.14. The van der Waals surface area contributed by atoms with E-state index in [9.17, 15) is 44.7 Å². The number of hydrogen-bond acceptors (Lipinski definition) is 13. The number of carbonyl (C=O) groups is 3. The van der Waals surface area contributed by atoms with Gasteiger partial charge in [-0.05, 0) is 36.4 Å². The number of esters is 3. The Kier molecular flexibility index (Phi) is 9.92. The first kappa shape index (κ1) is 31.6. The molecule has 4 rings (SSSR count). The molecule has 0 amide bonds. The van der Waals surface area contributed by atoms with Gasteiger partial charge in [0.25, 0.3) is 17.1 Å². The predicted octanol–water partition coefficient (Wildman–Crippen LogP) is 4.53. The van der Waals surface area contributed by atoms with Crippen molar-refractivity contribution in [2.75, 3.05) is 6.61 Å². The van der Waals surface area contributed by atoms with Crippen LogP contribution in [0, 0.1) is 30.3 Å². The normalized spacial score (nSPS) is 19.3. The molecule has 3 aromatic carbocycles. The molecule has 0 bridgehead atoms. The molecule has 0 N–H and O–H groups in total. The Balaban J connectivity index is 1.55. The Labute approximate surface area is 255 Å². The zero-order valence-corrected chi connectivity index (χ0v) is 23.8. The summed E-state index contributed by atoms with van der Waals surface area (Å²) in [5, 5.41) is 32.1. The van der Waals surface area contributed by atoms with Gasteiger partial charge in [-0.25, -0.2) is 14.4 Å². The van der Waals surface area contributed by atoms with E-state index in [1.807, 2.05) is 0 Å². The van der Waals surface area contributed by atoms with Crippen LogP contribution in [0.15, 0.2) is 72.8 Å². The number of rotatable bonds is 10. The highest BCUT2D eigenvalue weighted by Crippen LogP contribution is 2.30. The van der Waals surface area contributed by atoms with Crippen LogP contribution in [0.4, 0.5) is 17.1 Å². The van der Waals surface area contributed by atoms with Crippen molar-refractivity contribution >= 4 is 50.9 Å². The van der Waals surface area contributed by atoms with Gasteiger partial charge in [0.1, 0.15) is 23.8 Å². The van der Waals surface area contributed by atoms with E-state index in [-0.39, 0.29) is 40.2 Å². The van der Waals surface area contributed by atoms with Crippen LogP contribution in [-0.4, -0.2) is 62.6 Å². The van der Waals surface area contributed by atoms with E-state index < -0.39 is 62.6 Å². The van der Waals surface area contributed by atoms with Gasteiger partial charge in [-0.15, -0.1) is 0 Å². The first-order valence-electron chi connectivity index (χ1n) is 12.5. The van der Waals surface area contributed by atoms with Gasteiger partial charge >= 0.3 is 17.9 Å². The van der Waals surface area contributed by atoms with Crippen LogP contribution in [0.2, 0.25) is 0 Å². The largest absolute Gasteiger partial charge is 0.459 e. The summed E-state index contributed by atoms with van der Waals surface area (Å²) in [6, 6.07) is 13.7. The SMILES string of the molecule is O=C(OC[C@@H]1O[C@@H](Br)C[C@@H](OC(=O)c2ccc([N+](=O)[O-])cc2)[C@H]1OC(=O)c1ccc([N+](=O)[O-])cc1)c1ccc([N+](=O)[O-])cc1. The van der Waals surface area contributed by atoms with Gasteiger partial charge in [0.15, 0.2) is 6.10 Å². The van der Waals surface area contributed by atoms with Gasteiger partial charge in [0.2, 0.25) is 0 Å². The number of hydrogen-bond donors (Lipinski definition) is 0. The van der Waals surface area contributed by atoms with Gasteiger partial charge in [-0.3, -0.25) is 30.3 Å². The zero-order valence-electron chi connectivity index (χ0n) is 22.2. The predicted molar refractivity (Wildman–Crippen MR) is 150 cm³/mol. The molecule has 1 aliphatic rings. The zero-order chi connectivity index (χ0) is 32.0. The Morgan fingerprint density at radius 1 is 0.682 bits per heavy atom. The monoisotopic (exact) mass is 673 g/mol. The van der Waals surface area contributed by atoms with E-state index >= 15 is 0 Å². The molecule has 1 saturated heterocycles. The molecular formula is C27H20BrN3O13. The molecule has 1 aliphatic heterocycles. The molecule has 1 heterocycles. The molecule has 0 radical (unpaired) electrons. The fourth-order valence-electron chi connectivity index (χ4n) is 4.08. The van der Waals surface area contributed by atoms with E-state index in [4.69, 9.17) is 18.9 Å². The summed E-state index contributed by atoms with van der Waals surface area (Å²) in [6.45, 7) is -0.512. The lowest BCUT2D eigenvalue weighted by molar-refractivity contribution is -0.385. The van der Waals surface area contributed by atoms with Gasteiger partial charge in [-0.1, -0.05) is 15.9 Å². The number of ether oxygens (including phenoxy) is 4. The lowest BCUT2D eigenvalue weighted by atomic mass is 10.0. The average molecular weight is 674 g/mol. The highest BCUT2D eigenvalue weighted by molar-refractivity contribution is 9.09. The lowest BCUT2D eigenvalue weighted by Crippen LogP contribution is -2.52. The third-order valence-corrected chi connectivity index (χ3v) is 6.88. The summed E-state index contributed by atoms with van der Waals surface area (Å²) in [4.78, 5) is 69.5. The number of nitro groups is 3. The van der Waals surface area contributed by atoms with E-state index in [0.29, 0.717) is 0 Å². The van der Waals surface area contributed by atoms with Crippen LogP contribution in [0.25, 0.3) is 0 Å². The molecule has 3 aromatic rings. The number of non-ortho nitro benzene ring substituents is 3. The molecule has 0 unspecified atom stereocenters. The molecule has 1 fully saturated rings. The van der Waals surface area contributed by atoms with Crippen LogP contribution >= 0.6 is 15.9 Å². The number of alkyl halides is 1. The molecule has 4 atom stereocenters. The topological polar surface area (TPSA) is 218 Å². The van der Waals surface area contributed by atoms with Crippen molar-refractivity contribution in [2.24, 2.45) is 0 Å². The molecule has 0 aromatic heterocycles. The summed E-state index contributed by atoms with van der Waals surface area (Å²) >= 11 is 3.28. The third kappa shape index (κ3) is 7.75. The Morgan fingerprint density at radius 2 is 1.07 bits per heavy atom. The van der Waals surface area contributed by atoms with Crippen LogP contribution in [0.3, 0.4) is 0 Å². The van der Waals surface area contributed by atoms with Crippen molar-refractivity contribution in [1.29, 1.82) is 0 Å². The first-order valence-corrected chi connectivity index (χ1v) is 13.5. The van der Waals surface area contributed by atoms with E-state index in [2.05, 4.69) is 15.9 Å². The second kappa shape index (κ2) is 13.8. The maximum Gasteiger partial charge on any atom is 0.338 e. The van der Waals surface area contributed by atoms with Gasteiger partial charge in [0, 0.05) is 42.8 Å². The molecule has 228 valence electrons. The lowest BCUT2D eigenvalue weighted by Gasteiger charge is -2.38. The summed E-state index contributed by atoms with van der Waals surface area (Å²) < 4.78 is 22.4. The molecule has 44 heavy (non-hydrogen) atoms. The highest BCUT2D eigenvalue weighted by Gasteiger charge is 2.44. The van der Waals surface area contributed by atoms with Crippen molar-refractivity contribution < 1.29 is 48.1 Å². The minimum atomic E-state index is -1.36. The fourth-order valence-corrected chi connectivity index (χ4v) is 4.72. The maximum atomic E-state index is 13.0. The number of halogens is 1. The van der Waals surface area contributed by atoms with Gasteiger partial charge < -0.3 is 18.9 Å². The first-order chi connectivity index (χ1) is 20.9. The second-order valence-corrected chi connectivity index (χ2v) is 10.2. The Bertz CT molecular complexity index is 1580. The molecule has 0 aliphatic carbocycles. The van der Waals surface area contributed by atoms with E-state index in [1.54, 1.807) is 0 Å². The van der Waals surface area contributed by atoms with Crippen molar-refractivity contribution in [2.45, 2.75) is 29.7 Å². The van der Waals surface area contributed by atoms with Gasteiger partial charge in [-0.2, -0.15) is 0 Å². The standard InChI is InChI=1S/C27H20BrN3O13/c28-23-13-21(43-26(33)16-3-9-19(10-4-16)30(37)38)24(44-27(34)17-5-11-20(12-6-17)31(39)40)22(42-23)14-41-25(32)15-1-7-18(8-2-15)29(35)36/h1-12,21-24H,13-14H2/t21-,22+,23-,24-/m1/s1. The quantitative estimate of drug-likeness (QED) is 0.0950. The van der Waals surface area contributed by atoms with E-state index in [0.717, 1.165) is 36.4 Å². The smallest absolute Gasteiger partial charge is 0.338 e. The number of nitrogens with zero attached hydrogens (tertiary/aromatic N) is 3. The molecule has 0 spiro atoms. The van der Waals surface area contributed by atoms with Crippen molar-refractivity contribution in [3.63, 3.8) is 0 Å². The minimum absolute atomic E-state index is 0.0117. The van der Waals surface area contributed by atoms with Crippen LogP contribution in [0.1, 0.15) is 37.5 Å². The van der Waals surface area contributed by atoms with Crippen LogP contribution in [0.5, 0.6) is 0 Å². The minimum Gasteiger partial charge on any atom is -0.459 e. The number of carbonyl (C=O) groups excluding carboxylic acids is 3. The van der Waals surface area contributed by atoms with Crippen molar-refractivity contribution in [1.82, 2.24) is 0 Å². The maximum absolute atomic E-state index is 13.0. The highest BCUT2D eigenvalue weighted by atomic mass is 79.9. The summed E-state index contributed by atoms with van der Waals surface area (Å²) in [6.07, 6.45) is -3.78. The Hall–Kier alpha value is -5.29. The summed E-state index contributed by atoms with van der Waals surface area (Å²) in [5.41, 5.74) is -0.875. The number of nitro benzene ring substituents is 3. The van der Waals surface area contributed by atoms with Crippen LogP contribution < -0.4 is 0 Å². The Morgan fingerprint density at radius 3 is 1.48 bits per heavy atom.